The van der Waals surface area contributed by atoms with Crippen LogP contribution in [-0.2, 0) is 16.7 Å². The van der Waals surface area contributed by atoms with Crippen LogP contribution >= 0.6 is 0 Å². The molecular weight excluding hydrogens is 360 g/mol. The average molecular weight is 391 g/mol. The van der Waals surface area contributed by atoms with Gasteiger partial charge in [0.05, 0.1) is 4.90 Å². The summed E-state index contributed by atoms with van der Waals surface area (Å²) in [7, 11) is -4.20. The number of hydrogen-bond acceptors (Lipinski definition) is 3. The largest absolute Gasteiger partial charge is 0.489 e. The summed E-state index contributed by atoms with van der Waals surface area (Å²) >= 11 is 0. The highest BCUT2D eigenvalue weighted by atomic mass is 32.2. The summed E-state index contributed by atoms with van der Waals surface area (Å²) in [6.45, 7) is 9.30. The van der Waals surface area contributed by atoms with E-state index in [2.05, 4.69) is 39.8 Å². The number of benzene rings is 2. The van der Waals surface area contributed by atoms with Gasteiger partial charge in [0, 0.05) is 0 Å². The summed E-state index contributed by atoms with van der Waals surface area (Å²) in [5.74, 6) is 2.54. The van der Waals surface area contributed by atoms with E-state index in [4.69, 9.17) is 9.29 Å². The van der Waals surface area contributed by atoms with Crippen molar-refractivity contribution < 1.29 is 17.7 Å². The average Bonchev–Trinajstić information content (AvgIpc) is 2.64. The van der Waals surface area contributed by atoms with Crippen LogP contribution in [0, 0.1) is 11.8 Å². The van der Waals surface area contributed by atoms with Gasteiger partial charge in [-0.1, -0.05) is 58.4 Å². The molecule has 0 aliphatic carbocycles. The minimum absolute atomic E-state index is 0.122. The lowest BCUT2D eigenvalue weighted by Gasteiger charge is -2.24. The Labute approximate surface area is 163 Å². The molecule has 148 valence electrons. The van der Waals surface area contributed by atoms with Crippen LogP contribution in [0.3, 0.4) is 0 Å². The quantitative estimate of drug-likeness (QED) is 0.559. The van der Waals surface area contributed by atoms with Gasteiger partial charge in [-0.3, -0.25) is 4.55 Å². The molecule has 0 fully saturated rings. The molecule has 2 unspecified atom stereocenters. The third-order valence-electron chi connectivity index (χ3n) is 5.07. The van der Waals surface area contributed by atoms with Crippen molar-refractivity contribution in [3.63, 3.8) is 0 Å². The lowest BCUT2D eigenvalue weighted by molar-refractivity contribution is 0.305. The third-order valence-corrected chi connectivity index (χ3v) is 5.92. The van der Waals surface area contributed by atoms with E-state index in [0.717, 1.165) is 5.75 Å². The van der Waals surface area contributed by atoms with Crippen molar-refractivity contribution >= 4 is 10.1 Å². The fourth-order valence-corrected chi connectivity index (χ4v) is 3.72. The maximum atomic E-state index is 11.2. The lowest BCUT2D eigenvalue weighted by atomic mass is 9.81. The number of ether oxygens (including phenoxy) is 1. The van der Waals surface area contributed by atoms with Crippen molar-refractivity contribution in [1.82, 2.24) is 0 Å². The second-order valence-corrected chi connectivity index (χ2v) is 9.00. The molecule has 0 amide bonds. The monoisotopic (exact) mass is 390 g/mol. The first kappa shape index (κ1) is 21.5. The van der Waals surface area contributed by atoms with Gasteiger partial charge in [-0.2, -0.15) is 8.42 Å². The van der Waals surface area contributed by atoms with E-state index in [1.54, 1.807) is 12.1 Å². The minimum atomic E-state index is -4.20. The van der Waals surface area contributed by atoms with Gasteiger partial charge in [0.1, 0.15) is 12.4 Å². The van der Waals surface area contributed by atoms with Gasteiger partial charge in [-0.05, 0) is 59.6 Å². The standard InChI is InChI=1S/C22H30O4S/c1-5-17(4)13-22(16(2)3)19-9-11-20(12-10-19)26-15-18-7-6-8-21(14-18)27(23,24)25/h6-12,14,16-17,22H,5,13,15H2,1-4H3,(H,23,24,25). The maximum absolute atomic E-state index is 11.2. The highest BCUT2D eigenvalue weighted by Gasteiger charge is 2.18. The van der Waals surface area contributed by atoms with Crippen molar-refractivity contribution in [2.75, 3.05) is 0 Å². The van der Waals surface area contributed by atoms with Crippen LogP contribution in [0.2, 0.25) is 0 Å². The van der Waals surface area contributed by atoms with Gasteiger partial charge in [0.2, 0.25) is 0 Å². The van der Waals surface area contributed by atoms with E-state index in [1.807, 2.05) is 12.1 Å². The van der Waals surface area contributed by atoms with Crippen molar-refractivity contribution in [2.45, 2.75) is 58.0 Å². The van der Waals surface area contributed by atoms with Gasteiger partial charge in [0.25, 0.3) is 10.1 Å². The maximum Gasteiger partial charge on any atom is 0.294 e. The van der Waals surface area contributed by atoms with Crippen LogP contribution in [0.4, 0.5) is 0 Å². The molecule has 2 aromatic carbocycles. The van der Waals surface area contributed by atoms with Crippen molar-refractivity contribution in [1.29, 1.82) is 0 Å². The SMILES string of the molecule is CCC(C)CC(c1ccc(OCc2cccc(S(=O)(=O)O)c2)cc1)C(C)C. The van der Waals surface area contributed by atoms with Gasteiger partial charge in [-0.15, -0.1) is 0 Å². The summed E-state index contributed by atoms with van der Waals surface area (Å²) in [6, 6.07) is 14.3. The number of hydrogen-bond donors (Lipinski definition) is 1. The molecule has 0 heterocycles. The molecule has 0 aliphatic heterocycles. The fourth-order valence-electron chi connectivity index (χ4n) is 3.17. The lowest BCUT2D eigenvalue weighted by Crippen LogP contribution is -2.11. The molecule has 0 saturated carbocycles. The van der Waals surface area contributed by atoms with E-state index < -0.39 is 10.1 Å². The number of rotatable bonds is 9. The van der Waals surface area contributed by atoms with E-state index in [1.165, 1.54) is 30.5 Å². The summed E-state index contributed by atoms with van der Waals surface area (Å²) in [5, 5.41) is 0. The first-order chi connectivity index (χ1) is 12.7. The Bertz CT molecular complexity index is 826. The molecule has 0 radical (unpaired) electrons. The van der Waals surface area contributed by atoms with Gasteiger partial charge in [0.15, 0.2) is 0 Å². The summed E-state index contributed by atoms with van der Waals surface area (Å²) in [4.78, 5) is -0.122. The molecule has 2 rings (SSSR count). The van der Waals surface area contributed by atoms with Crippen LogP contribution in [-0.4, -0.2) is 13.0 Å². The summed E-state index contributed by atoms with van der Waals surface area (Å²) in [5.41, 5.74) is 2.01. The normalized spacial score (nSPS) is 14.1. The topological polar surface area (TPSA) is 63.6 Å². The second kappa shape index (κ2) is 9.38. The van der Waals surface area contributed by atoms with Gasteiger partial charge >= 0.3 is 0 Å². The molecule has 1 N–H and O–H groups in total. The van der Waals surface area contributed by atoms with Crippen molar-refractivity contribution in [2.24, 2.45) is 11.8 Å². The Hall–Kier alpha value is -1.85. The molecular formula is C22H30O4S. The van der Waals surface area contributed by atoms with Crippen LogP contribution < -0.4 is 4.74 Å². The van der Waals surface area contributed by atoms with E-state index in [-0.39, 0.29) is 11.5 Å². The van der Waals surface area contributed by atoms with Crippen LogP contribution in [0.1, 0.15) is 57.6 Å². The molecule has 0 aliphatic rings. The zero-order valence-corrected chi connectivity index (χ0v) is 17.4. The molecule has 4 nitrogen and oxygen atoms in total. The van der Waals surface area contributed by atoms with Crippen molar-refractivity contribution in [3.05, 3.63) is 59.7 Å². The summed E-state index contributed by atoms with van der Waals surface area (Å²) in [6.07, 6.45) is 2.36. The molecule has 5 heteroatoms. The predicted octanol–water partition coefficient (Wildman–Crippen LogP) is 5.69. The van der Waals surface area contributed by atoms with Crippen LogP contribution in [0.5, 0.6) is 5.75 Å². The first-order valence-electron chi connectivity index (χ1n) is 9.50. The smallest absolute Gasteiger partial charge is 0.294 e. The van der Waals surface area contributed by atoms with Crippen LogP contribution in [0.25, 0.3) is 0 Å². The van der Waals surface area contributed by atoms with E-state index in [9.17, 15) is 8.42 Å². The molecule has 27 heavy (non-hydrogen) atoms. The highest BCUT2D eigenvalue weighted by Crippen LogP contribution is 2.33. The molecule has 0 spiro atoms. The van der Waals surface area contributed by atoms with Crippen LogP contribution in [0.15, 0.2) is 53.4 Å². The van der Waals surface area contributed by atoms with Gasteiger partial charge < -0.3 is 4.74 Å². The van der Waals surface area contributed by atoms with E-state index in [0.29, 0.717) is 23.3 Å². The Balaban J connectivity index is 2.05. The molecule has 0 saturated heterocycles. The Morgan fingerprint density at radius 1 is 1.04 bits per heavy atom. The predicted molar refractivity (Wildman–Crippen MR) is 109 cm³/mol. The first-order valence-corrected chi connectivity index (χ1v) is 10.9. The Morgan fingerprint density at radius 2 is 1.70 bits per heavy atom. The molecule has 2 atom stereocenters. The zero-order valence-electron chi connectivity index (χ0n) is 16.6. The molecule has 0 bridgehead atoms. The Kier molecular flexibility index (Phi) is 7.45. The fraction of sp³-hybridized carbons (Fsp3) is 0.455. The molecule has 0 aromatic heterocycles. The van der Waals surface area contributed by atoms with E-state index >= 15 is 0 Å². The summed E-state index contributed by atoms with van der Waals surface area (Å²) < 4.78 is 37.4. The van der Waals surface area contributed by atoms with Crippen molar-refractivity contribution in [3.8, 4) is 5.75 Å². The zero-order chi connectivity index (χ0) is 20.0. The Morgan fingerprint density at radius 3 is 2.26 bits per heavy atom. The minimum Gasteiger partial charge on any atom is -0.489 e. The highest BCUT2D eigenvalue weighted by molar-refractivity contribution is 7.85. The molecule has 2 aromatic rings. The third kappa shape index (κ3) is 6.36. The van der Waals surface area contributed by atoms with Gasteiger partial charge in [-0.25, -0.2) is 0 Å². The second-order valence-electron chi connectivity index (χ2n) is 7.58.